The SMILES string of the molecule is COc1cc(C=C(C(=O)N(C)C)c2ccc(O)cc2)cc(OC)c1. The van der Waals surface area contributed by atoms with Crippen LogP contribution in [-0.2, 0) is 4.79 Å². The fourth-order valence-corrected chi connectivity index (χ4v) is 2.23. The number of amides is 1. The van der Waals surface area contributed by atoms with Crippen molar-refractivity contribution in [3.63, 3.8) is 0 Å². The van der Waals surface area contributed by atoms with Gasteiger partial charge in [0.2, 0.25) is 0 Å². The van der Waals surface area contributed by atoms with Crippen LogP contribution in [0.15, 0.2) is 42.5 Å². The Bertz CT molecular complexity index is 726. The van der Waals surface area contributed by atoms with Crippen LogP contribution in [-0.4, -0.2) is 44.2 Å². The molecule has 0 aliphatic carbocycles. The Hall–Kier alpha value is -2.95. The van der Waals surface area contributed by atoms with Gasteiger partial charge in [-0.15, -0.1) is 0 Å². The van der Waals surface area contributed by atoms with Gasteiger partial charge in [0, 0.05) is 25.7 Å². The molecule has 0 atom stereocenters. The van der Waals surface area contributed by atoms with E-state index in [1.807, 2.05) is 12.1 Å². The van der Waals surface area contributed by atoms with Crippen LogP contribution in [0.25, 0.3) is 11.6 Å². The first-order valence-electron chi connectivity index (χ1n) is 7.40. The molecule has 5 heteroatoms. The van der Waals surface area contributed by atoms with E-state index in [2.05, 4.69) is 0 Å². The Labute approximate surface area is 141 Å². The normalized spacial score (nSPS) is 11.1. The van der Waals surface area contributed by atoms with Crippen molar-refractivity contribution in [1.29, 1.82) is 0 Å². The first kappa shape index (κ1) is 17.4. The van der Waals surface area contributed by atoms with Crippen LogP contribution in [0.4, 0.5) is 0 Å². The molecule has 24 heavy (non-hydrogen) atoms. The molecular formula is C19H21NO4. The van der Waals surface area contributed by atoms with Crippen LogP contribution in [0.1, 0.15) is 11.1 Å². The summed E-state index contributed by atoms with van der Waals surface area (Å²) in [5, 5.41) is 9.46. The Morgan fingerprint density at radius 2 is 1.54 bits per heavy atom. The second kappa shape index (κ2) is 7.55. The summed E-state index contributed by atoms with van der Waals surface area (Å²) in [6, 6.07) is 11.9. The maximum absolute atomic E-state index is 12.6. The van der Waals surface area contributed by atoms with E-state index in [-0.39, 0.29) is 11.7 Å². The van der Waals surface area contributed by atoms with Crippen LogP contribution in [0.2, 0.25) is 0 Å². The standard InChI is InChI=1S/C19H21NO4/c1-20(2)19(22)18(14-5-7-15(21)8-6-14)11-13-9-16(23-3)12-17(10-13)24-4/h5-12,21H,1-4H3. The monoisotopic (exact) mass is 327 g/mol. The number of hydrogen-bond donors (Lipinski definition) is 1. The minimum Gasteiger partial charge on any atom is -0.508 e. The third-order valence-electron chi connectivity index (χ3n) is 3.50. The largest absolute Gasteiger partial charge is 0.508 e. The van der Waals surface area contributed by atoms with E-state index in [0.29, 0.717) is 22.6 Å². The van der Waals surface area contributed by atoms with Gasteiger partial charge in [0.05, 0.1) is 14.2 Å². The molecule has 0 unspecified atom stereocenters. The molecule has 0 heterocycles. The molecule has 0 aliphatic heterocycles. The highest BCUT2D eigenvalue weighted by molar-refractivity contribution is 6.24. The van der Waals surface area contributed by atoms with E-state index in [1.54, 1.807) is 64.7 Å². The topological polar surface area (TPSA) is 59.0 Å². The highest BCUT2D eigenvalue weighted by Crippen LogP contribution is 2.27. The predicted octanol–water partition coefficient (Wildman–Crippen LogP) is 3.04. The van der Waals surface area contributed by atoms with Crippen molar-refractivity contribution in [3.8, 4) is 17.2 Å². The Morgan fingerprint density at radius 1 is 1.00 bits per heavy atom. The fraction of sp³-hybridized carbons (Fsp3) is 0.211. The van der Waals surface area contributed by atoms with Gasteiger partial charge in [-0.2, -0.15) is 0 Å². The van der Waals surface area contributed by atoms with Gasteiger partial charge in [0.1, 0.15) is 17.2 Å². The van der Waals surface area contributed by atoms with Crippen molar-refractivity contribution >= 4 is 17.6 Å². The molecule has 5 nitrogen and oxygen atoms in total. The molecular weight excluding hydrogens is 306 g/mol. The minimum atomic E-state index is -0.137. The number of benzene rings is 2. The number of carbonyl (C=O) groups is 1. The summed E-state index contributed by atoms with van der Waals surface area (Å²) in [5.41, 5.74) is 2.01. The van der Waals surface area contributed by atoms with Gasteiger partial charge in [0.15, 0.2) is 0 Å². The smallest absolute Gasteiger partial charge is 0.253 e. The summed E-state index contributed by atoms with van der Waals surface area (Å²) in [5.74, 6) is 1.30. The lowest BCUT2D eigenvalue weighted by Crippen LogP contribution is -2.22. The summed E-state index contributed by atoms with van der Waals surface area (Å²) >= 11 is 0. The Morgan fingerprint density at radius 3 is 2.00 bits per heavy atom. The van der Waals surface area contributed by atoms with Gasteiger partial charge < -0.3 is 19.5 Å². The minimum absolute atomic E-state index is 0.137. The number of aromatic hydroxyl groups is 1. The molecule has 2 aromatic carbocycles. The molecule has 126 valence electrons. The summed E-state index contributed by atoms with van der Waals surface area (Å²) in [4.78, 5) is 14.1. The number of likely N-dealkylation sites (N-methyl/N-ethyl adjacent to an activating group) is 1. The van der Waals surface area contributed by atoms with Gasteiger partial charge in [-0.25, -0.2) is 0 Å². The third kappa shape index (κ3) is 4.07. The highest BCUT2D eigenvalue weighted by atomic mass is 16.5. The molecule has 0 aromatic heterocycles. The van der Waals surface area contributed by atoms with Crippen LogP contribution in [0, 0.1) is 0 Å². The summed E-state index contributed by atoms with van der Waals surface area (Å²) in [7, 11) is 6.55. The zero-order chi connectivity index (χ0) is 17.7. The number of phenols is 1. The highest BCUT2D eigenvalue weighted by Gasteiger charge is 2.15. The molecule has 0 spiro atoms. The van der Waals surface area contributed by atoms with Gasteiger partial charge in [0.25, 0.3) is 5.91 Å². The summed E-state index contributed by atoms with van der Waals surface area (Å²) < 4.78 is 10.5. The van der Waals surface area contributed by atoms with Crippen LogP contribution < -0.4 is 9.47 Å². The number of methoxy groups -OCH3 is 2. The van der Waals surface area contributed by atoms with Crippen molar-refractivity contribution in [2.24, 2.45) is 0 Å². The first-order chi connectivity index (χ1) is 11.4. The molecule has 0 saturated heterocycles. The molecule has 0 aliphatic rings. The van der Waals surface area contributed by atoms with E-state index < -0.39 is 0 Å². The molecule has 0 saturated carbocycles. The van der Waals surface area contributed by atoms with Crippen molar-refractivity contribution in [1.82, 2.24) is 4.90 Å². The van der Waals surface area contributed by atoms with E-state index in [9.17, 15) is 9.90 Å². The van der Waals surface area contributed by atoms with Gasteiger partial charge in [-0.05, 0) is 41.5 Å². The molecule has 1 N–H and O–H groups in total. The van der Waals surface area contributed by atoms with Crippen molar-refractivity contribution < 1.29 is 19.4 Å². The maximum atomic E-state index is 12.6. The Balaban J connectivity index is 2.56. The lowest BCUT2D eigenvalue weighted by Gasteiger charge is -2.15. The molecule has 0 bridgehead atoms. The Kier molecular flexibility index (Phi) is 5.47. The average Bonchev–Trinajstić information content (AvgIpc) is 2.59. The maximum Gasteiger partial charge on any atom is 0.253 e. The van der Waals surface area contributed by atoms with Gasteiger partial charge in [-0.1, -0.05) is 12.1 Å². The number of phenolic OH excluding ortho intramolecular Hbond substituents is 1. The van der Waals surface area contributed by atoms with Crippen LogP contribution in [0.5, 0.6) is 17.2 Å². The fourth-order valence-electron chi connectivity index (χ4n) is 2.23. The molecule has 0 fully saturated rings. The van der Waals surface area contributed by atoms with Crippen molar-refractivity contribution in [2.75, 3.05) is 28.3 Å². The zero-order valence-electron chi connectivity index (χ0n) is 14.2. The number of nitrogens with zero attached hydrogens (tertiary/aromatic N) is 1. The van der Waals surface area contributed by atoms with E-state index >= 15 is 0 Å². The van der Waals surface area contributed by atoms with Crippen LogP contribution in [0.3, 0.4) is 0 Å². The number of rotatable bonds is 5. The molecule has 2 rings (SSSR count). The average molecular weight is 327 g/mol. The quantitative estimate of drug-likeness (QED) is 0.677. The van der Waals surface area contributed by atoms with E-state index in [4.69, 9.17) is 9.47 Å². The van der Waals surface area contributed by atoms with E-state index in [1.165, 1.54) is 4.90 Å². The number of carbonyl (C=O) groups excluding carboxylic acids is 1. The van der Waals surface area contributed by atoms with Crippen molar-refractivity contribution in [2.45, 2.75) is 0 Å². The lowest BCUT2D eigenvalue weighted by molar-refractivity contribution is -0.122. The third-order valence-corrected chi connectivity index (χ3v) is 3.50. The molecule has 2 aromatic rings. The van der Waals surface area contributed by atoms with E-state index in [0.717, 1.165) is 5.56 Å². The zero-order valence-corrected chi connectivity index (χ0v) is 14.2. The summed E-state index contributed by atoms with van der Waals surface area (Å²) in [6.07, 6.45) is 1.78. The van der Waals surface area contributed by atoms with Crippen LogP contribution >= 0.6 is 0 Å². The van der Waals surface area contributed by atoms with Crippen molar-refractivity contribution in [3.05, 3.63) is 53.6 Å². The second-order valence-corrected chi connectivity index (χ2v) is 5.45. The van der Waals surface area contributed by atoms with Gasteiger partial charge in [-0.3, -0.25) is 4.79 Å². The second-order valence-electron chi connectivity index (χ2n) is 5.45. The lowest BCUT2D eigenvalue weighted by atomic mass is 10.0. The number of ether oxygens (including phenoxy) is 2. The molecule has 1 amide bonds. The molecule has 0 radical (unpaired) electrons. The van der Waals surface area contributed by atoms with Gasteiger partial charge >= 0.3 is 0 Å². The summed E-state index contributed by atoms with van der Waals surface area (Å²) in [6.45, 7) is 0. The number of hydrogen-bond acceptors (Lipinski definition) is 4. The predicted molar refractivity (Wildman–Crippen MR) is 94.2 cm³/mol. The first-order valence-corrected chi connectivity index (χ1v) is 7.40.